The number of alkyl halides is 3. The van der Waals surface area contributed by atoms with E-state index >= 15 is 0 Å². The van der Waals surface area contributed by atoms with Crippen molar-refractivity contribution in [1.29, 1.82) is 0 Å². The van der Waals surface area contributed by atoms with Gasteiger partial charge in [0.15, 0.2) is 11.0 Å². The van der Waals surface area contributed by atoms with Crippen LogP contribution in [0, 0.1) is 12.7 Å². The number of thioether (sulfide) groups is 1. The number of amidine groups is 1. The first-order valence-electron chi connectivity index (χ1n) is 12.5. The molecule has 0 radical (unpaired) electrons. The van der Waals surface area contributed by atoms with Gasteiger partial charge in [-0.1, -0.05) is 23.9 Å². The molecule has 3 amide bonds. The number of carbonyl (C=O) groups is 2. The number of nitrogens with zero attached hydrogens (tertiary/aromatic N) is 5. The number of rotatable bonds is 7. The summed E-state index contributed by atoms with van der Waals surface area (Å²) in [6.07, 6.45) is -3.49. The predicted octanol–water partition coefficient (Wildman–Crippen LogP) is 6.09. The summed E-state index contributed by atoms with van der Waals surface area (Å²) in [5.74, 6) is -1.22. The van der Waals surface area contributed by atoms with Crippen molar-refractivity contribution in [3.8, 4) is 22.8 Å². The molecule has 1 saturated heterocycles. The molecule has 0 unspecified atom stereocenters. The Hall–Kier alpha value is -4.76. The van der Waals surface area contributed by atoms with Gasteiger partial charge in [-0.2, -0.15) is 4.99 Å². The van der Waals surface area contributed by atoms with Crippen LogP contribution >= 0.6 is 11.8 Å². The predicted molar refractivity (Wildman–Crippen MR) is 152 cm³/mol. The number of halogens is 4. The van der Waals surface area contributed by atoms with Crippen LogP contribution in [0.1, 0.15) is 11.1 Å². The standard InChI is InChI=1S/C28H22F4N6O4S/c1-16-3-4-18(13-41-2)23(11-16)38-24(39)14-43-27(38)35-26(40)34-22-10-5-17(12-21(22)29)25-33-15-37(36-25)19-6-8-20(9-7-19)42-28(30,31)32/h3-12,15H,13-14H2,1-2H3,(H,34,40)/b35-27-. The number of carbonyl (C=O) groups excluding carboxylic acids is 2. The summed E-state index contributed by atoms with van der Waals surface area (Å²) in [6.45, 7) is 2.12. The second-order valence-corrected chi connectivity index (χ2v) is 10.1. The van der Waals surface area contributed by atoms with Gasteiger partial charge in [-0.05, 0) is 61.0 Å². The number of aryl methyl sites for hydroxylation is 1. The number of benzene rings is 3. The lowest BCUT2D eigenvalue weighted by molar-refractivity contribution is -0.274. The zero-order valence-electron chi connectivity index (χ0n) is 22.6. The molecule has 3 aromatic carbocycles. The fraction of sp³-hybridized carbons (Fsp3) is 0.179. The SMILES string of the molecule is COCc1ccc(C)cc1N1C(=O)CS/C1=N\C(=O)Nc1ccc(-c2ncn(-c3ccc(OC(F)(F)F)cc3)n2)cc1F. The normalized spacial score (nSPS) is 14.4. The Kier molecular flexibility index (Phi) is 8.45. The number of nitrogens with one attached hydrogen (secondary N) is 1. The molecule has 2 heterocycles. The highest BCUT2D eigenvalue weighted by Crippen LogP contribution is 2.31. The molecule has 1 N–H and O–H groups in total. The Bertz CT molecular complexity index is 1710. The summed E-state index contributed by atoms with van der Waals surface area (Å²) < 4.78 is 62.6. The van der Waals surface area contributed by atoms with Crippen LogP contribution in [0.15, 0.2) is 72.0 Å². The number of aliphatic imine (C=N–C) groups is 1. The van der Waals surface area contributed by atoms with E-state index in [1.807, 2.05) is 19.1 Å². The minimum Gasteiger partial charge on any atom is -0.406 e. The average Bonchev–Trinajstić information content (AvgIpc) is 3.58. The third-order valence-corrected chi connectivity index (χ3v) is 6.96. The van der Waals surface area contributed by atoms with Crippen LogP contribution in [-0.2, 0) is 16.1 Å². The number of ether oxygens (including phenoxy) is 2. The Labute approximate surface area is 246 Å². The molecule has 1 aliphatic heterocycles. The lowest BCUT2D eigenvalue weighted by atomic mass is 10.1. The number of hydrogen-bond donors (Lipinski definition) is 1. The van der Waals surface area contributed by atoms with Gasteiger partial charge < -0.3 is 14.8 Å². The van der Waals surface area contributed by atoms with Crippen molar-refractivity contribution < 1.29 is 36.6 Å². The number of hydrogen-bond acceptors (Lipinski definition) is 7. The van der Waals surface area contributed by atoms with Crippen LogP contribution in [-0.4, -0.2) is 51.1 Å². The molecular weight excluding hydrogens is 592 g/mol. The minimum absolute atomic E-state index is 0.0840. The molecule has 4 aromatic rings. The van der Waals surface area contributed by atoms with E-state index in [2.05, 4.69) is 25.1 Å². The Balaban J connectivity index is 1.30. The van der Waals surface area contributed by atoms with Gasteiger partial charge in [-0.15, -0.1) is 18.3 Å². The van der Waals surface area contributed by atoms with Gasteiger partial charge in [0.05, 0.1) is 29.4 Å². The maximum Gasteiger partial charge on any atom is 0.573 e. The zero-order valence-corrected chi connectivity index (χ0v) is 23.4. The highest BCUT2D eigenvalue weighted by Gasteiger charge is 2.32. The van der Waals surface area contributed by atoms with Crippen molar-refractivity contribution in [1.82, 2.24) is 14.8 Å². The first-order valence-corrected chi connectivity index (χ1v) is 13.5. The van der Waals surface area contributed by atoms with E-state index in [9.17, 15) is 27.2 Å². The van der Waals surface area contributed by atoms with Gasteiger partial charge in [0.1, 0.15) is 17.9 Å². The van der Waals surface area contributed by atoms with Crippen molar-refractivity contribution in [3.63, 3.8) is 0 Å². The third kappa shape index (κ3) is 7.01. The molecule has 0 aliphatic carbocycles. The third-order valence-electron chi connectivity index (χ3n) is 6.04. The largest absolute Gasteiger partial charge is 0.573 e. The average molecular weight is 615 g/mol. The Morgan fingerprint density at radius 3 is 2.58 bits per heavy atom. The summed E-state index contributed by atoms with van der Waals surface area (Å²) in [4.78, 5) is 35.0. The number of methoxy groups -OCH3 is 1. The summed E-state index contributed by atoms with van der Waals surface area (Å²) in [5.41, 5.74) is 2.71. The van der Waals surface area contributed by atoms with E-state index in [0.29, 0.717) is 11.4 Å². The molecule has 0 spiro atoms. The molecule has 43 heavy (non-hydrogen) atoms. The van der Waals surface area contributed by atoms with Crippen LogP contribution in [0.5, 0.6) is 5.75 Å². The summed E-state index contributed by atoms with van der Waals surface area (Å²) >= 11 is 1.09. The minimum atomic E-state index is -4.81. The van der Waals surface area contributed by atoms with Crippen molar-refractivity contribution in [2.24, 2.45) is 4.99 Å². The molecule has 5 rings (SSSR count). The second-order valence-electron chi connectivity index (χ2n) is 9.16. The van der Waals surface area contributed by atoms with E-state index in [0.717, 1.165) is 41.1 Å². The van der Waals surface area contributed by atoms with Crippen molar-refractivity contribution in [2.75, 3.05) is 23.1 Å². The Morgan fingerprint density at radius 1 is 1.12 bits per heavy atom. The summed E-state index contributed by atoms with van der Waals surface area (Å²) in [5, 5.41) is 6.78. The Morgan fingerprint density at radius 2 is 1.88 bits per heavy atom. The second kappa shape index (κ2) is 12.2. The molecule has 10 nitrogen and oxygen atoms in total. The quantitative estimate of drug-likeness (QED) is 0.251. The number of aromatic nitrogens is 3. The first-order chi connectivity index (χ1) is 20.5. The van der Waals surface area contributed by atoms with Crippen LogP contribution in [0.2, 0.25) is 0 Å². The van der Waals surface area contributed by atoms with Gasteiger partial charge in [-0.3, -0.25) is 9.69 Å². The van der Waals surface area contributed by atoms with E-state index < -0.39 is 24.0 Å². The molecule has 15 heteroatoms. The number of amides is 3. The first kappa shape index (κ1) is 29.7. The molecule has 0 saturated carbocycles. The van der Waals surface area contributed by atoms with Crippen LogP contribution in [0.25, 0.3) is 17.1 Å². The van der Waals surface area contributed by atoms with Gasteiger partial charge in [0.25, 0.3) is 0 Å². The van der Waals surface area contributed by atoms with Crippen LogP contribution in [0.3, 0.4) is 0 Å². The summed E-state index contributed by atoms with van der Waals surface area (Å²) in [6, 6.07) is 13.5. The smallest absolute Gasteiger partial charge is 0.406 e. The van der Waals surface area contributed by atoms with E-state index in [-0.39, 0.29) is 40.5 Å². The molecule has 1 aliphatic rings. The molecule has 1 fully saturated rings. The van der Waals surface area contributed by atoms with Gasteiger partial charge in [0, 0.05) is 18.2 Å². The highest BCUT2D eigenvalue weighted by molar-refractivity contribution is 8.15. The van der Waals surface area contributed by atoms with Gasteiger partial charge in [0.2, 0.25) is 5.91 Å². The zero-order chi connectivity index (χ0) is 30.7. The lowest BCUT2D eigenvalue weighted by Crippen LogP contribution is -2.31. The molecule has 0 atom stereocenters. The van der Waals surface area contributed by atoms with Crippen molar-refractivity contribution in [2.45, 2.75) is 19.9 Å². The van der Waals surface area contributed by atoms with Crippen molar-refractivity contribution >= 4 is 40.2 Å². The summed E-state index contributed by atoms with van der Waals surface area (Å²) in [7, 11) is 1.53. The van der Waals surface area contributed by atoms with E-state index in [1.54, 1.807) is 6.07 Å². The van der Waals surface area contributed by atoms with Gasteiger partial charge >= 0.3 is 12.4 Å². The van der Waals surface area contributed by atoms with E-state index in [1.165, 1.54) is 47.3 Å². The van der Waals surface area contributed by atoms with Crippen LogP contribution in [0.4, 0.5) is 33.7 Å². The lowest BCUT2D eigenvalue weighted by Gasteiger charge is -2.20. The maximum absolute atomic E-state index is 15.0. The molecule has 222 valence electrons. The molecule has 0 bridgehead atoms. The number of urea groups is 1. The van der Waals surface area contributed by atoms with Crippen molar-refractivity contribution in [3.05, 3.63) is 83.9 Å². The fourth-order valence-electron chi connectivity index (χ4n) is 4.15. The highest BCUT2D eigenvalue weighted by atomic mass is 32.2. The fourth-order valence-corrected chi connectivity index (χ4v) is 5.01. The van der Waals surface area contributed by atoms with E-state index in [4.69, 9.17) is 4.74 Å². The topological polar surface area (TPSA) is 111 Å². The molecule has 1 aromatic heterocycles. The van der Waals surface area contributed by atoms with Gasteiger partial charge in [-0.25, -0.2) is 18.9 Å². The molecular formula is C28H22F4N6O4S. The maximum atomic E-state index is 15.0. The monoisotopic (exact) mass is 614 g/mol. The number of anilines is 2. The van der Waals surface area contributed by atoms with Crippen LogP contribution < -0.4 is 15.0 Å².